The van der Waals surface area contributed by atoms with E-state index in [-0.39, 0.29) is 6.09 Å². The summed E-state index contributed by atoms with van der Waals surface area (Å²) in [6.45, 7) is 2.02. The van der Waals surface area contributed by atoms with Gasteiger partial charge in [-0.2, -0.15) is 0 Å². The first kappa shape index (κ1) is 12.5. The molecule has 0 saturated heterocycles. The molecule has 1 heterocycles. The first-order valence-corrected chi connectivity index (χ1v) is 6.48. The van der Waals surface area contributed by atoms with E-state index in [2.05, 4.69) is 0 Å². The van der Waals surface area contributed by atoms with Gasteiger partial charge in [0.15, 0.2) is 0 Å². The lowest BCUT2D eigenvalue weighted by Gasteiger charge is -2.27. The Morgan fingerprint density at radius 1 is 1.10 bits per heavy atom. The number of fused-ring (bicyclic) bond motifs is 1. The molecule has 100 valence electrons. The van der Waals surface area contributed by atoms with Crippen molar-refractivity contribution in [3.05, 3.63) is 65.2 Å². The molecule has 0 radical (unpaired) electrons. The number of benzene rings is 2. The number of anilines is 1. The van der Waals surface area contributed by atoms with E-state index in [1.807, 2.05) is 61.5 Å². The minimum absolute atomic E-state index is 0.358. The van der Waals surface area contributed by atoms with Crippen LogP contribution in [0.25, 0.3) is 11.8 Å². The molecule has 1 aliphatic heterocycles. The predicted octanol–water partition coefficient (Wildman–Crippen LogP) is 4.08. The lowest BCUT2D eigenvalue weighted by molar-refractivity contribution is 0.199. The minimum Gasteiger partial charge on any atom is -0.409 e. The fourth-order valence-corrected chi connectivity index (χ4v) is 2.26. The molecule has 3 nitrogen and oxygen atoms in total. The molecule has 0 spiro atoms. The summed E-state index contributed by atoms with van der Waals surface area (Å²) >= 11 is 0. The molecular weight excluding hydrogens is 250 g/mol. The second-order valence-electron chi connectivity index (χ2n) is 4.87. The van der Waals surface area contributed by atoms with Crippen LogP contribution in [0.4, 0.5) is 10.5 Å². The Balaban J connectivity index is 2.14. The summed E-state index contributed by atoms with van der Waals surface area (Å²) in [4.78, 5) is 13.4. The Morgan fingerprint density at radius 3 is 2.60 bits per heavy atom. The van der Waals surface area contributed by atoms with E-state index in [0.717, 1.165) is 22.4 Å². The van der Waals surface area contributed by atoms with E-state index >= 15 is 0 Å². The fourth-order valence-electron chi connectivity index (χ4n) is 2.26. The second kappa shape index (κ2) is 4.85. The van der Waals surface area contributed by atoms with Crippen LogP contribution in [0.15, 0.2) is 48.5 Å². The Hall–Kier alpha value is -2.55. The van der Waals surface area contributed by atoms with E-state index in [0.29, 0.717) is 5.76 Å². The number of hydrogen-bond acceptors (Lipinski definition) is 2. The molecule has 0 atom stereocenters. The summed E-state index contributed by atoms with van der Waals surface area (Å²) in [5, 5.41) is 0. The van der Waals surface area contributed by atoms with Gasteiger partial charge in [0.2, 0.25) is 0 Å². The highest BCUT2D eigenvalue weighted by molar-refractivity contribution is 6.01. The number of carbonyl (C=O) groups is 1. The smallest absolute Gasteiger partial charge is 0.409 e. The maximum absolute atomic E-state index is 11.9. The molecule has 0 unspecified atom stereocenters. The Labute approximate surface area is 118 Å². The number of amides is 1. The summed E-state index contributed by atoms with van der Waals surface area (Å²) in [6.07, 6.45) is 1.53. The topological polar surface area (TPSA) is 29.5 Å². The number of nitrogens with zero attached hydrogens (tertiary/aromatic N) is 1. The van der Waals surface area contributed by atoms with Gasteiger partial charge in [-0.15, -0.1) is 0 Å². The van der Waals surface area contributed by atoms with Crippen LogP contribution in [0, 0.1) is 6.92 Å². The third-order valence-electron chi connectivity index (χ3n) is 3.35. The van der Waals surface area contributed by atoms with Crippen molar-refractivity contribution in [1.29, 1.82) is 0 Å². The second-order valence-corrected chi connectivity index (χ2v) is 4.87. The monoisotopic (exact) mass is 265 g/mol. The molecule has 1 amide bonds. The molecule has 0 fully saturated rings. The van der Waals surface area contributed by atoms with Gasteiger partial charge in [-0.3, -0.25) is 4.90 Å². The molecule has 1 aliphatic rings. The first-order chi connectivity index (χ1) is 9.65. The lowest BCUT2D eigenvalue weighted by Crippen LogP contribution is -2.31. The molecule has 2 aromatic rings. The molecule has 3 rings (SSSR count). The van der Waals surface area contributed by atoms with Crippen molar-refractivity contribution in [3.8, 4) is 0 Å². The quantitative estimate of drug-likeness (QED) is 0.777. The van der Waals surface area contributed by atoms with Gasteiger partial charge >= 0.3 is 6.09 Å². The zero-order valence-corrected chi connectivity index (χ0v) is 11.5. The van der Waals surface area contributed by atoms with Gasteiger partial charge in [0, 0.05) is 12.6 Å². The average Bonchev–Trinajstić information content (AvgIpc) is 2.45. The maximum Gasteiger partial charge on any atom is 0.419 e. The molecule has 0 aromatic heterocycles. The fraction of sp³-hybridized carbons (Fsp3) is 0.118. The van der Waals surface area contributed by atoms with Gasteiger partial charge in [-0.1, -0.05) is 42.0 Å². The maximum atomic E-state index is 11.9. The predicted molar refractivity (Wildman–Crippen MR) is 80.4 cm³/mol. The molecular formula is C17H15NO2. The van der Waals surface area contributed by atoms with Crippen molar-refractivity contribution in [2.45, 2.75) is 6.92 Å². The largest absolute Gasteiger partial charge is 0.419 e. The van der Waals surface area contributed by atoms with Crippen LogP contribution in [0.2, 0.25) is 0 Å². The van der Waals surface area contributed by atoms with Crippen LogP contribution in [0.3, 0.4) is 0 Å². The van der Waals surface area contributed by atoms with Crippen LogP contribution < -0.4 is 4.90 Å². The van der Waals surface area contributed by atoms with Crippen molar-refractivity contribution in [1.82, 2.24) is 0 Å². The summed E-state index contributed by atoms with van der Waals surface area (Å²) in [5.41, 5.74) is 3.95. The van der Waals surface area contributed by atoms with E-state index in [1.54, 1.807) is 7.05 Å². The SMILES string of the molecule is Cc1ccc2c(c1)/C(=C/c1ccccc1)OC(=O)N2C. The van der Waals surface area contributed by atoms with Gasteiger partial charge in [0.05, 0.1) is 5.69 Å². The van der Waals surface area contributed by atoms with E-state index < -0.39 is 0 Å². The normalized spacial score (nSPS) is 16.0. The number of hydrogen-bond donors (Lipinski definition) is 0. The van der Waals surface area contributed by atoms with Crippen LogP contribution in [-0.2, 0) is 4.74 Å². The van der Waals surface area contributed by atoms with Gasteiger partial charge in [-0.05, 0) is 30.7 Å². The van der Waals surface area contributed by atoms with Crippen molar-refractivity contribution in [2.75, 3.05) is 11.9 Å². The molecule has 0 N–H and O–H groups in total. The minimum atomic E-state index is -0.358. The van der Waals surface area contributed by atoms with Gasteiger partial charge in [0.1, 0.15) is 5.76 Å². The van der Waals surface area contributed by atoms with Crippen LogP contribution in [-0.4, -0.2) is 13.1 Å². The zero-order valence-electron chi connectivity index (χ0n) is 11.5. The number of aryl methyl sites for hydroxylation is 1. The Bertz CT molecular complexity index is 689. The van der Waals surface area contributed by atoms with Gasteiger partial charge < -0.3 is 4.74 Å². The standard InChI is InChI=1S/C17H15NO2/c1-12-8-9-15-14(10-12)16(20-17(19)18(15)2)11-13-6-4-3-5-7-13/h3-11H,1-2H3/b16-11-. The van der Waals surface area contributed by atoms with Gasteiger partial charge in [0.25, 0.3) is 0 Å². The van der Waals surface area contributed by atoms with Gasteiger partial charge in [-0.25, -0.2) is 4.79 Å². The van der Waals surface area contributed by atoms with Crippen molar-refractivity contribution >= 4 is 23.6 Å². The molecule has 0 bridgehead atoms. The van der Waals surface area contributed by atoms with E-state index in [4.69, 9.17) is 4.74 Å². The molecule has 2 aromatic carbocycles. The molecule has 0 aliphatic carbocycles. The lowest BCUT2D eigenvalue weighted by atomic mass is 10.0. The average molecular weight is 265 g/mol. The van der Waals surface area contributed by atoms with Crippen LogP contribution in [0.1, 0.15) is 16.7 Å². The highest BCUT2D eigenvalue weighted by atomic mass is 16.6. The first-order valence-electron chi connectivity index (χ1n) is 6.48. The highest BCUT2D eigenvalue weighted by Gasteiger charge is 2.26. The Morgan fingerprint density at radius 2 is 1.85 bits per heavy atom. The summed E-state index contributed by atoms with van der Waals surface area (Å²) in [6, 6.07) is 15.8. The van der Waals surface area contributed by atoms with Crippen LogP contribution in [0.5, 0.6) is 0 Å². The highest BCUT2D eigenvalue weighted by Crippen LogP contribution is 2.34. The summed E-state index contributed by atoms with van der Waals surface area (Å²) in [5.74, 6) is 0.595. The zero-order chi connectivity index (χ0) is 14.1. The molecule has 20 heavy (non-hydrogen) atoms. The van der Waals surface area contributed by atoms with E-state index in [1.165, 1.54) is 4.90 Å². The van der Waals surface area contributed by atoms with Crippen molar-refractivity contribution in [2.24, 2.45) is 0 Å². The Kier molecular flexibility index (Phi) is 3.03. The number of rotatable bonds is 1. The van der Waals surface area contributed by atoms with Crippen molar-refractivity contribution < 1.29 is 9.53 Å². The summed E-state index contributed by atoms with van der Waals surface area (Å²) in [7, 11) is 1.72. The molecule has 3 heteroatoms. The van der Waals surface area contributed by atoms with E-state index in [9.17, 15) is 4.79 Å². The number of ether oxygens (including phenoxy) is 1. The third-order valence-corrected chi connectivity index (χ3v) is 3.35. The third kappa shape index (κ3) is 2.18. The number of carbonyl (C=O) groups excluding carboxylic acids is 1. The molecule has 0 saturated carbocycles. The van der Waals surface area contributed by atoms with Crippen LogP contribution >= 0.6 is 0 Å². The van der Waals surface area contributed by atoms with Crippen molar-refractivity contribution in [3.63, 3.8) is 0 Å². The number of cyclic esters (lactones) is 1. The summed E-state index contributed by atoms with van der Waals surface area (Å²) < 4.78 is 5.43.